The van der Waals surface area contributed by atoms with E-state index in [0.717, 1.165) is 11.8 Å². The molecule has 0 aromatic carbocycles. The number of hydrogen-bond donors (Lipinski definition) is 1. The van der Waals surface area contributed by atoms with E-state index in [-0.39, 0.29) is 11.5 Å². The first-order chi connectivity index (χ1) is 8.65. The fourth-order valence-electron chi connectivity index (χ4n) is 1.55. The summed E-state index contributed by atoms with van der Waals surface area (Å²) in [6, 6.07) is 4.47. The molecule has 0 unspecified atom stereocenters. The van der Waals surface area contributed by atoms with Crippen molar-refractivity contribution in [1.82, 2.24) is 20.1 Å². The Morgan fingerprint density at radius 1 is 1.50 bits per heavy atom. The molecule has 2 aromatic heterocycles. The Balaban J connectivity index is 1.85. The molecule has 1 amide bonds. The third-order valence-corrected chi connectivity index (χ3v) is 2.42. The number of halogens is 1. The van der Waals surface area contributed by atoms with Crippen LogP contribution in [-0.4, -0.2) is 27.2 Å². The predicted molar refractivity (Wildman–Crippen MR) is 63.4 cm³/mol. The lowest BCUT2D eigenvalue weighted by molar-refractivity contribution is 0.0953. The zero-order valence-corrected chi connectivity index (χ0v) is 9.93. The number of aromatic nitrogens is 3. The van der Waals surface area contributed by atoms with Crippen molar-refractivity contribution in [2.75, 3.05) is 6.54 Å². The zero-order valence-electron chi connectivity index (χ0n) is 9.93. The second kappa shape index (κ2) is 5.39. The normalized spacial score (nSPS) is 10.3. The summed E-state index contributed by atoms with van der Waals surface area (Å²) >= 11 is 0. The molecule has 0 fully saturated rings. The van der Waals surface area contributed by atoms with Crippen molar-refractivity contribution in [1.29, 1.82) is 0 Å². The lowest BCUT2D eigenvalue weighted by atomic mass is 10.2. The highest BCUT2D eigenvalue weighted by molar-refractivity contribution is 5.93. The summed E-state index contributed by atoms with van der Waals surface area (Å²) < 4.78 is 14.5. The molecule has 94 valence electrons. The molecular formula is C12H13FN4O. The van der Waals surface area contributed by atoms with Gasteiger partial charge in [0.1, 0.15) is 0 Å². The van der Waals surface area contributed by atoms with E-state index in [1.54, 1.807) is 4.68 Å². The first-order valence-electron chi connectivity index (χ1n) is 5.53. The van der Waals surface area contributed by atoms with Gasteiger partial charge in [-0.05, 0) is 12.1 Å². The molecule has 0 bridgehead atoms. The van der Waals surface area contributed by atoms with Gasteiger partial charge in [0.15, 0.2) is 0 Å². The summed E-state index contributed by atoms with van der Waals surface area (Å²) in [5, 5.41) is 6.89. The average Bonchev–Trinajstić information content (AvgIpc) is 2.75. The third-order valence-electron chi connectivity index (χ3n) is 2.42. The molecule has 1 N–H and O–H groups in total. The van der Waals surface area contributed by atoms with Crippen LogP contribution < -0.4 is 5.32 Å². The Labute approximate surface area is 104 Å². The lowest BCUT2D eigenvalue weighted by Crippen LogP contribution is -2.26. The monoisotopic (exact) mass is 248 g/mol. The number of pyridine rings is 1. The minimum Gasteiger partial charge on any atom is -0.352 e. The number of amides is 1. The van der Waals surface area contributed by atoms with E-state index >= 15 is 0 Å². The molecule has 0 atom stereocenters. The molecule has 0 spiro atoms. The summed E-state index contributed by atoms with van der Waals surface area (Å²) in [4.78, 5) is 15.1. The fraction of sp³-hybridized carbons (Fsp3) is 0.250. The van der Waals surface area contributed by atoms with E-state index in [1.165, 1.54) is 12.3 Å². The van der Waals surface area contributed by atoms with Crippen LogP contribution >= 0.6 is 0 Å². The van der Waals surface area contributed by atoms with Crippen LogP contribution in [-0.2, 0) is 13.5 Å². The van der Waals surface area contributed by atoms with Gasteiger partial charge in [-0.25, -0.2) is 4.98 Å². The van der Waals surface area contributed by atoms with Gasteiger partial charge in [-0.1, -0.05) is 0 Å². The number of aryl methyl sites for hydroxylation is 1. The molecule has 0 radical (unpaired) electrons. The van der Waals surface area contributed by atoms with Crippen molar-refractivity contribution >= 4 is 5.91 Å². The molecular weight excluding hydrogens is 235 g/mol. The molecule has 0 aliphatic rings. The highest BCUT2D eigenvalue weighted by Crippen LogP contribution is 2.00. The largest absolute Gasteiger partial charge is 0.352 e. The number of nitrogens with one attached hydrogen (secondary N) is 1. The first kappa shape index (κ1) is 12.2. The van der Waals surface area contributed by atoms with E-state index < -0.39 is 5.95 Å². The molecule has 18 heavy (non-hydrogen) atoms. The van der Waals surface area contributed by atoms with E-state index in [1.807, 2.05) is 19.3 Å². The van der Waals surface area contributed by atoms with Crippen LogP contribution in [0.25, 0.3) is 0 Å². The van der Waals surface area contributed by atoms with Crippen LogP contribution in [0.2, 0.25) is 0 Å². The van der Waals surface area contributed by atoms with Crippen LogP contribution in [0.4, 0.5) is 4.39 Å². The lowest BCUT2D eigenvalue weighted by Gasteiger charge is -2.03. The summed E-state index contributed by atoms with van der Waals surface area (Å²) in [5.74, 6) is -0.973. The van der Waals surface area contributed by atoms with Gasteiger partial charge in [0.05, 0.1) is 5.69 Å². The fourth-order valence-corrected chi connectivity index (χ4v) is 1.55. The van der Waals surface area contributed by atoms with Gasteiger partial charge in [-0.2, -0.15) is 9.49 Å². The second-order valence-corrected chi connectivity index (χ2v) is 3.85. The molecule has 2 aromatic rings. The van der Waals surface area contributed by atoms with Crippen LogP contribution in [0.5, 0.6) is 0 Å². The van der Waals surface area contributed by atoms with Gasteiger partial charge in [0, 0.05) is 44.0 Å². The predicted octanol–water partition coefficient (Wildman–Crippen LogP) is 0.927. The summed E-state index contributed by atoms with van der Waals surface area (Å²) in [6.07, 6.45) is 3.75. The SMILES string of the molecule is Cn1ccc(CCNC(=O)c2ccnc(F)c2)n1. The molecule has 0 saturated heterocycles. The molecule has 0 aliphatic heterocycles. The van der Waals surface area contributed by atoms with Crippen LogP contribution in [0.3, 0.4) is 0 Å². The molecule has 5 nitrogen and oxygen atoms in total. The van der Waals surface area contributed by atoms with Crippen LogP contribution in [0.1, 0.15) is 16.1 Å². The van der Waals surface area contributed by atoms with Crippen molar-refractivity contribution in [2.45, 2.75) is 6.42 Å². The Morgan fingerprint density at radius 3 is 3.00 bits per heavy atom. The van der Waals surface area contributed by atoms with Crippen LogP contribution in [0.15, 0.2) is 30.6 Å². The number of rotatable bonds is 4. The van der Waals surface area contributed by atoms with Crippen molar-refractivity contribution < 1.29 is 9.18 Å². The molecule has 2 rings (SSSR count). The Bertz CT molecular complexity index is 553. The van der Waals surface area contributed by atoms with E-state index in [2.05, 4.69) is 15.4 Å². The molecule has 6 heteroatoms. The zero-order chi connectivity index (χ0) is 13.0. The smallest absolute Gasteiger partial charge is 0.251 e. The van der Waals surface area contributed by atoms with Crippen molar-refractivity contribution in [3.63, 3.8) is 0 Å². The summed E-state index contributed by atoms with van der Waals surface area (Å²) in [7, 11) is 1.84. The van der Waals surface area contributed by atoms with Gasteiger partial charge in [-0.15, -0.1) is 0 Å². The van der Waals surface area contributed by atoms with E-state index in [4.69, 9.17) is 0 Å². The second-order valence-electron chi connectivity index (χ2n) is 3.85. The van der Waals surface area contributed by atoms with Gasteiger partial charge >= 0.3 is 0 Å². The van der Waals surface area contributed by atoms with E-state index in [0.29, 0.717) is 13.0 Å². The van der Waals surface area contributed by atoms with Gasteiger partial charge < -0.3 is 5.32 Å². The maximum Gasteiger partial charge on any atom is 0.251 e. The highest BCUT2D eigenvalue weighted by Gasteiger charge is 2.06. The maximum absolute atomic E-state index is 12.8. The number of carbonyl (C=O) groups excluding carboxylic acids is 1. The number of carbonyl (C=O) groups is 1. The Hall–Kier alpha value is -2.24. The average molecular weight is 248 g/mol. The van der Waals surface area contributed by atoms with Gasteiger partial charge in [0.25, 0.3) is 5.91 Å². The highest BCUT2D eigenvalue weighted by atomic mass is 19.1. The van der Waals surface area contributed by atoms with Gasteiger partial charge in [0.2, 0.25) is 5.95 Å². The first-order valence-corrected chi connectivity index (χ1v) is 5.53. The number of nitrogens with zero attached hydrogens (tertiary/aromatic N) is 3. The van der Waals surface area contributed by atoms with Crippen molar-refractivity contribution in [2.24, 2.45) is 7.05 Å². The summed E-state index contributed by atoms with van der Waals surface area (Å²) in [5.41, 5.74) is 1.17. The van der Waals surface area contributed by atoms with Gasteiger partial charge in [-0.3, -0.25) is 9.48 Å². The number of hydrogen-bond acceptors (Lipinski definition) is 3. The Morgan fingerprint density at radius 2 is 2.33 bits per heavy atom. The van der Waals surface area contributed by atoms with E-state index in [9.17, 15) is 9.18 Å². The molecule has 2 heterocycles. The standard InChI is InChI=1S/C12H13FN4O/c1-17-7-4-10(16-17)3-6-15-12(18)9-2-5-14-11(13)8-9/h2,4-5,7-8H,3,6H2,1H3,(H,15,18). The third kappa shape index (κ3) is 3.13. The van der Waals surface area contributed by atoms with Crippen molar-refractivity contribution in [3.8, 4) is 0 Å². The quantitative estimate of drug-likeness (QED) is 0.819. The molecule has 0 aliphatic carbocycles. The molecule has 0 saturated carbocycles. The minimum atomic E-state index is -0.660. The van der Waals surface area contributed by atoms with Crippen molar-refractivity contribution in [3.05, 3.63) is 47.8 Å². The summed E-state index contributed by atoms with van der Waals surface area (Å²) in [6.45, 7) is 0.458. The maximum atomic E-state index is 12.8. The Kier molecular flexibility index (Phi) is 3.66. The minimum absolute atomic E-state index is 0.267. The van der Waals surface area contributed by atoms with Crippen LogP contribution in [0, 0.1) is 5.95 Å². The topological polar surface area (TPSA) is 59.8 Å².